The second-order valence-electron chi connectivity index (χ2n) is 7.01. The van der Waals surface area contributed by atoms with Crippen LogP contribution in [0.3, 0.4) is 0 Å². The Balaban J connectivity index is 0. The quantitative estimate of drug-likeness (QED) is 0.413. The first-order chi connectivity index (χ1) is 9.38. The van der Waals surface area contributed by atoms with Gasteiger partial charge in [-0.15, -0.1) is 0 Å². The lowest BCUT2D eigenvalue weighted by Gasteiger charge is -2.37. The fourth-order valence-electron chi connectivity index (χ4n) is 3.63. The van der Waals surface area contributed by atoms with Gasteiger partial charge in [-0.1, -0.05) is 88.5 Å². The van der Waals surface area contributed by atoms with Crippen LogP contribution in [0.15, 0.2) is 0 Å². The van der Waals surface area contributed by atoms with Gasteiger partial charge in [0.2, 0.25) is 0 Å². The van der Waals surface area contributed by atoms with Crippen LogP contribution in [0.5, 0.6) is 0 Å². The monoisotopic (exact) mass is 284 g/mol. The average molecular weight is 285 g/mol. The molecule has 0 aromatic carbocycles. The van der Waals surface area contributed by atoms with E-state index in [2.05, 4.69) is 55.4 Å². The predicted molar refractivity (Wildman–Crippen MR) is 96.1 cm³/mol. The number of rotatable bonds is 9. The second kappa shape index (κ2) is 12.7. The molecule has 0 aliphatic rings. The van der Waals surface area contributed by atoms with Crippen molar-refractivity contribution in [2.24, 2.45) is 35.5 Å². The normalized spacial score (nSPS) is 17.4. The van der Waals surface area contributed by atoms with Gasteiger partial charge in [0.05, 0.1) is 0 Å². The predicted octanol–water partition coefficient (Wildman–Crippen LogP) is 7.43. The zero-order chi connectivity index (χ0) is 16.3. The Kier molecular flexibility index (Phi) is 14.2. The van der Waals surface area contributed by atoms with Crippen molar-refractivity contribution >= 4 is 0 Å². The molecule has 0 heterocycles. The highest BCUT2D eigenvalue weighted by atomic mass is 14.3. The van der Waals surface area contributed by atoms with Crippen LogP contribution in [0.1, 0.15) is 94.9 Å². The lowest BCUT2D eigenvalue weighted by atomic mass is 9.69. The Morgan fingerprint density at radius 2 is 1.10 bits per heavy atom. The van der Waals surface area contributed by atoms with E-state index in [-0.39, 0.29) is 0 Å². The third-order valence-electron chi connectivity index (χ3n) is 5.29. The van der Waals surface area contributed by atoms with Crippen molar-refractivity contribution in [3.63, 3.8) is 0 Å². The first-order valence-corrected chi connectivity index (χ1v) is 9.38. The van der Waals surface area contributed by atoms with Crippen LogP contribution < -0.4 is 0 Å². The molecule has 4 unspecified atom stereocenters. The van der Waals surface area contributed by atoms with Crippen molar-refractivity contribution in [1.82, 2.24) is 0 Å². The van der Waals surface area contributed by atoms with Gasteiger partial charge in [0.1, 0.15) is 0 Å². The van der Waals surface area contributed by atoms with E-state index in [9.17, 15) is 0 Å². The minimum Gasteiger partial charge on any atom is -0.0683 e. The van der Waals surface area contributed by atoms with Gasteiger partial charge >= 0.3 is 0 Å². The Labute approximate surface area is 131 Å². The van der Waals surface area contributed by atoms with Crippen molar-refractivity contribution in [2.75, 3.05) is 0 Å². The van der Waals surface area contributed by atoms with Crippen LogP contribution in [0.25, 0.3) is 0 Å². The molecule has 0 rings (SSSR count). The van der Waals surface area contributed by atoms with E-state index in [1.807, 2.05) is 13.8 Å². The van der Waals surface area contributed by atoms with Gasteiger partial charge in [0.15, 0.2) is 0 Å². The Bertz CT molecular complexity index is 192. The molecule has 0 amide bonds. The highest BCUT2D eigenvalue weighted by Crippen LogP contribution is 2.38. The van der Waals surface area contributed by atoms with Gasteiger partial charge in [0.25, 0.3) is 0 Å². The summed E-state index contributed by atoms with van der Waals surface area (Å²) in [6.07, 6.45) is 5.47. The van der Waals surface area contributed by atoms with Crippen LogP contribution in [-0.2, 0) is 0 Å². The van der Waals surface area contributed by atoms with Crippen LogP contribution in [0, 0.1) is 35.5 Å². The van der Waals surface area contributed by atoms with E-state index in [4.69, 9.17) is 0 Å². The van der Waals surface area contributed by atoms with Gasteiger partial charge in [0, 0.05) is 0 Å². The van der Waals surface area contributed by atoms with Crippen LogP contribution in [0.4, 0.5) is 0 Å². The molecule has 124 valence electrons. The van der Waals surface area contributed by atoms with E-state index in [1.165, 1.54) is 25.7 Å². The van der Waals surface area contributed by atoms with E-state index in [0.717, 1.165) is 35.5 Å². The Hall–Kier alpha value is 0. The third kappa shape index (κ3) is 7.70. The van der Waals surface area contributed by atoms with E-state index in [1.54, 1.807) is 0 Å². The minimum atomic E-state index is 0.830. The highest BCUT2D eigenvalue weighted by Gasteiger charge is 2.29. The van der Waals surface area contributed by atoms with Crippen molar-refractivity contribution in [2.45, 2.75) is 94.9 Å². The molecule has 0 saturated heterocycles. The first kappa shape index (κ1) is 22.3. The maximum absolute atomic E-state index is 2.46. The van der Waals surface area contributed by atoms with Crippen LogP contribution >= 0.6 is 0 Å². The van der Waals surface area contributed by atoms with Crippen molar-refractivity contribution in [3.8, 4) is 0 Å². The smallest absolute Gasteiger partial charge is 0.0358 e. The highest BCUT2D eigenvalue weighted by molar-refractivity contribution is 4.79. The third-order valence-corrected chi connectivity index (χ3v) is 5.29. The first-order valence-electron chi connectivity index (χ1n) is 9.38. The maximum atomic E-state index is 2.46. The lowest BCUT2D eigenvalue weighted by Crippen LogP contribution is -2.28. The van der Waals surface area contributed by atoms with E-state index >= 15 is 0 Å². The molecule has 20 heavy (non-hydrogen) atoms. The molecule has 0 aromatic rings. The van der Waals surface area contributed by atoms with Gasteiger partial charge < -0.3 is 0 Å². The molecule has 4 atom stereocenters. The molecule has 0 radical (unpaired) electrons. The van der Waals surface area contributed by atoms with Crippen LogP contribution in [-0.4, -0.2) is 0 Å². The molecular formula is C20H44. The Morgan fingerprint density at radius 1 is 0.600 bits per heavy atom. The van der Waals surface area contributed by atoms with E-state index < -0.39 is 0 Å². The summed E-state index contributed by atoms with van der Waals surface area (Å²) in [5.74, 6) is 5.30. The van der Waals surface area contributed by atoms with E-state index in [0.29, 0.717) is 0 Å². The summed E-state index contributed by atoms with van der Waals surface area (Å²) in [4.78, 5) is 0. The number of hydrogen-bond acceptors (Lipinski definition) is 0. The molecule has 0 nitrogen and oxygen atoms in total. The van der Waals surface area contributed by atoms with Gasteiger partial charge in [-0.05, 0) is 41.9 Å². The van der Waals surface area contributed by atoms with Gasteiger partial charge in [-0.3, -0.25) is 0 Å². The van der Waals surface area contributed by atoms with Crippen molar-refractivity contribution < 1.29 is 0 Å². The minimum absolute atomic E-state index is 0.830. The fraction of sp³-hybridized carbons (Fsp3) is 1.00. The fourth-order valence-corrected chi connectivity index (χ4v) is 3.63. The molecule has 0 aliphatic heterocycles. The second-order valence-corrected chi connectivity index (χ2v) is 7.01. The SMILES string of the molecule is CC.CCC(C)C(CC)C(CC(CC)C(C)C)C(C)C. The van der Waals surface area contributed by atoms with Crippen molar-refractivity contribution in [1.29, 1.82) is 0 Å². The summed E-state index contributed by atoms with van der Waals surface area (Å²) in [7, 11) is 0. The molecule has 0 N–H and O–H groups in total. The number of hydrogen-bond donors (Lipinski definition) is 0. The summed E-state index contributed by atoms with van der Waals surface area (Å²) in [5.41, 5.74) is 0. The average Bonchev–Trinajstić information content (AvgIpc) is 2.44. The standard InChI is InChI=1S/C18H38.C2H6/c1-9-15(8)17(11-3)18(14(6)7)12-16(10-2)13(4)5;1-2/h13-18H,9-12H2,1-8H3;1-2H3. The molecule has 0 bridgehead atoms. The molecule has 0 aromatic heterocycles. The topological polar surface area (TPSA) is 0 Å². The van der Waals surface area contributed by atoms with Gasteiger partial charge in [-0.2, -0.15) is 0 Å². The molecule has 0 spiro atoms. The summed E-state index contributed by atoms with van der Waals surface area (Å²) >= 11 is 0. The van der Waals surface area contributed by atoms with Crippen molar-refractivity contribution in [3.05, 3.63) is 0 Å². The summed E-state index contributed by atoms with van der Waals surface area (Å²) in [6.45, 7) is 23.2. The summed E-state index contributed by atoms with van der Waals surface area (Å²) in [5, 5.41) is 0. The molecule has 0 heteroatoms. The zero-order valence-electron chi connectivity index (χ0n) is 16.3. The molecule has 0 fully saturated rings. The summed E-state index contributed by atoms with van der Waals surface area (Å²) in [6, 6.07) is 0. The largest absolute Gasteiger partial charge is 0.0683 e. The molecule has 0 aliphatic carbocycles. The Morgan fingerprint density at radius 3 is 1.35 bits per heavy atom. The zero-order valence-corrected chi connectivity index (χ0v) is 16.3. The summed E-state index contributed by atoms with van der Waals surface area (Å²) < 4.78 is 0. The molecule has 0 saturated carbocycles. The van der Waals surface area contributed by atoms with Gasteiger partial charge in [-0.25, -0.2) is 0 Å². The molecular weight excluding hydrogens is 240 g/mol. The maximum Gasteiger partial charge on any atom is -0.0358 e. The lowest BCUT2D eigenvalue weighted by molar-refractivity contribution is 0.130. The van der Waals surface area contributed by atoms with Crippen LogP contribution in [0.2, 0.25) is 0 Å².